The summed E-state index contributed by atoms with van der Waals surface area (Å²) in [6, 6.07) is 21.0. The molecule has 0 amide bonds. The van der Waals surface area contributed by atoms with Gasteiger partial charge in [-0.15, -0.1) is 10.2 Å². The van der Waals surface area contributed by atoms with Gasteiger partial charge < -0.3 is 10.2 Å². The lowest BCUT2D eigenvalue weighted by molar-refractivity contribution is 0.227. The number of nitrogens with one attached hydrogen (secondary N) is 1. The van der Waals surface area contributed by atoms with Crippen molar-refractivity contribution < 1.29 is 13.0 Å². The second kappa shape index (κ2) is 9.13. The maximum absolute atomic E-state index is 10.5. The standard InChI is InChI=1S/C16H18N4.C7H8O3S/c1-2-4-12(5-3-1)14-6-7-16(19-18-14)20-11-13-8-9-17-10-15(13)20;1-6-2-4-7(5-3-6)11(8,9)10/h1-7,13,15,17H,8-11H2;2-5H,1H3,(H,8,9,10). The molecule has 2 aromatic carbocycles. The zero-order valence-electron chi connectivity index (χ0n) is 17.3. The van der Waals surface area contributed by atoms with Crippen LogP contribution in [0.2, 0.25) is 0 Å². The first-order chi connectivity index (χ1) is 14.9. The summed E-state index contributed by atoms with van der Waals surface area (Å²) in [5.74, 6) is 1.85. The van der Waals surface area contributed by atoms with Crippen molar-refractivity contribution in [2.75, 3.05) is 24.5 Å². The lowest BCUT2D eigenvalue weighted by Gasteiger charge is -2.51. The Balaban J connectivity index is 0.000000180. The molecule has 0 radical (unpaired) electrons. The highest BCUT2D eigenvalue weighted by molar-refractivity contribution is 7.85. The number of nitrogens with zero attached hydrogens (tertiary/aromatic N) is 3. The fourth-order valence-electron chi connectivity index (χ4n) is 3.94. The Kier molecular flexibility index (Phi) is 6.31. The maximum atomic E-state index is 10.5. The molecule has 2 aliphatic rings. The predicted molar refractivity (Wildman–Crippen MR) is 121 cm³/mol. The Labute approximate surface area is 182 Å². The molecule has 31 heavy (non-hydrogen) atoms. The van der Waals surface area contributed by atoms with Crippen LogP contribution >= 0.6 is 0 Å². The topological polar surface area (TPSA) is 95.4 Å². The fraction of sp³-hybridized carbons (Fsp3) is 0.304. The molecule has 2 unspecified atom stereocenters. The second-order valence-corrected chi connectivity index (χ2v) is 9.33. The summed E-state index contributed by atoms with van der Waals surface area (Å²) in [5.41, 5.74) is 3.01. The molecule has 0 spiro atoms. The number of fused-ring (bicyclic) bond motifs is 1. The first-order valence-electron chi connectivity index (χ1n) is 10.3. The number of benzene rings is 2. The average Bonchev–Trinajstić information content (AvgIpc) is 2.76. The quantitative estimate of drug-likeness (QED) is 0.607. The van der Waals surface area contributed by atoms with E-state index in [1.54, 1.807) is 12.1 Å². The second-order valence-electron chi connectivity index (χ2n) is 7.90. The van der Waals surface area contributed by atoms with Gasteiger partial charge in [-0.25, -0.2) is 0 Å². The molecule has 3 heterocycles. The van der Waals surface area contributed by atoms with Gasteiger partial charge in [0.25, 0.3) is 10.1 Å². The average molecular weight is 439 g/mol. The summed E-state index contributed by atoms with van der Waals surface area (Å²) in [6.07, 6.45) is 1.29. The third kappa shape index (κ3) is 5.10. The Morgan fingerprint density at radius 2 is 1.74 bits per heavy atom. The first kappa shape index (κ1) is 21.4. The zero-order chi connectivity index (χ0) is 21.8. The Hall–Kier alpha value is -2.81. The molecule has 3 aromatic rings. The molecule has 2 atom stereocenters. The normalized spacial score (nSPS) is 20.1. The van der Waals surface area contributed by atoms with Crippen LogP contribution in [-0.4, -0.2) is 48.8 Å². The van der Waals surface area contributed by atoms with Crippen LogP contribution in [0.3, 0.4) is 0 Å². The number of rotatable bonds is 3. The number of aromatic nitrogens is 2. The lowest BCUT2D eigenvalue weighted by Crippen LogP contribution is -2.64. The van der Waals surface area contributed by atoms with Crippen molar-refractivity contribution in [3.8, 4) is 11.3 Å². The van der Waals surface area contributed by atoms with Gasteiger partial charge in [-0.1, -0.05) is 48.0 Å². The van der Waals surface area contributed by atoms with Gasteiger partial charge in [0.15, 0.2) is 5.82 Å². The molecule has 0 bridgehead atoms. The van der Waals surface area contributed by atoms with Crippen LogP contribution in [0.15, 0.2) is 71.6 Å². The van der Waals surface area contributed by atoms with E-state index in [1.807, 2.05) is 25.1 Å². The Morgan fingerprint density at radius 1 is 1.00 bits per heavy atom. The van der Waals surface area contributed by atoms with Gasteiger partial charge in [-0.2, -0.15) is 8.42 Å². The van der Waals surface area contributed by atoms with Crippen LogP contribution in [0.1, 0.15) is 12.0 Å². The molecule has 2 saturated heterocycles. The van der Waals surface area contributed by atoms with Crippen LogP contribution in [0.5, 0.6) is 0 Å². The van der Waals surface area contributed by atoms with Gasteiger partial charge >= 0.3 is 0 Å². The summed E-state index contributed by atoms with van der Waals surface area (Å²) in [6.45, 7) is 5.21. The summed E-state index contributed by atoms with van der Waals surface area (Å²) in [5, 5.41) is 12.3. The SMILES string of the molecule is Cc1ccc(S(=O)(=O)O)cc1.c1ccc(-c2ccc(N3CC4CCNCC43)nn2)cc1. The van der Waals surface area contributed by atoms with Crippen LogP contribution < -0.4 is 10.2 Å². The summed E-state index contributed by atoms with van der Waals surface area (Å²) in [7, 11) is -4.02. The van der Waals surface area contributed by atoms with E-state index in [0.29, 0.717) is 6.04 Å². The van der Waals surface area contributed by atoms with E-state index in [4.69, 9.17) is 4.55 Å². The van der Waals surface area contributed by atoms with E-state index in [0.717, 1.165) is 48.2 Å². The third-order valence-corrected chi connectivity index (χ3v) is 6.62. The summed E-state index contributed by atoms with van der Waals surface area (Å²) < 4.78 is 29.6. The molecule has 2 N–H and O–H groups in total. The van der Waals surface area contributed by atoms with Crippen molar-refractivity contribution in [3.05, 3.63) is 72.3 Å². The Morgan fingerprint density at radius 3 is 2.35 bits per heavy atom. The van der Waals surface area contributed by atoms with Crippen LogP contribution in [0.4, 0.5) is 5.82 Å². The van der Waals surface area contributed by atoms with Gasteiger partial charge in [-0.05, 0) is 50.1 Å². The van der Waals surface area contributed by atoms with Crippen molar-refractivity contribution in [3.63, 3.8) is 0 Å². The van der Waals surface area contributed by atoms with Gasteiger partial charge in [0, 0.05) is 24.7 Å². The highest BCUT2D eigenvalue weighted by atomic mass is 32.2. The number of anilines is 1. The zero-order valence-corrected chi connectivity index (χ0v) is 18.2. The van der Waals surface area contributed by atoms with Gasteiger partial charge in [-0.3, -0.25) is 4.55 Å². The van der Waals surface area contributed by atoms with Crippen molar-refractivity contribution in [1.29, 1.82) is 0 Å². The third-order valence-electron chi connectivity index (χ3n) is 5.75. The highest BCUT2D eigenvalue weighted by Crippen LogP contribution is 2.33. The fourth-order valence-corrected chi connectivity index (χ4v) is 4.42. The number of hydrogen-bond acceptors (Lipinski definition) is 6. The molecule has 0 aliphatic carbocycles. The maximum Gasteiger partial charge on any atom is 0.294 e. The van der Waals surface area contributed by atoms with E-state index >= 15 is 0 Å². The van der Waals surface area contributed by atoms with Crippen LogP contribution in [0, 0.1) is 12.8 Å². The molecule has 0 saturated carbocycles. The van der Waals surface area contributed by atoms with Crippen molar-refractivity contribution >= 4 is 15.9 Å². The molecule has 7 nitrogen and oxygen atoms in total. The number of piperidine rings is 1. The lowest BCUT2D eigenvalue weighted by atomic mass is 9.83. The molecule has 2 aliphatic heterocycles. The van der Waals surface area contributed by atoms with Crippen LogP contribution in [0.25, 0.3) is 11.3 Å². The number of aryl methyl sites for hydroxylation is 1. The molecule has 2 fully saturated rings. The van der Waals surface area contributed by atoms with E-state index in [9.17, 15) is 8.42 Å². The smallest absolute Gasteiger partial charge is 0.294 e. The Bertz CT molecular complexity index is 1100. The largest absolute Gasteiger partial charge is 0.350 e. The minimum atomic E-state index is -4.02. The molecular weight excluding hydrogens is 412 g/mol. The van der Waals surface area contributed by atoms with E-state index in [1.165, 1.54) is 18.6 Å². The molecular formula is C23H26N4O3S. The van der Waals surface area contributed by atoms with Gasteiger partial charge in [0.1, 0.15) is 0 Å². The monoisotopic (exact) mass is 438 g/mol. The minimum Gasteiger partial charge on any atom is -0.350 e. The highest BCUT2D eigenvalue weighted by Gasteiger charge is 2.40. The molecule has 5 rings (SSSR count). The van der Waals surface area contributed by atoms with E-state index in [2.05, 4.69) is 44.7 Å². The van der Waals surface area contributed by atoms with Gasteiger partial charge in [0.05, 0.1) is 10.6 Å². The number of hydrogen-bond donors (Lipinski definition) is 2. The van der Waals surface area contributed by atoms with Gasteiger partial charge in [0.2, 0.25) is 0 Å². The first-order valence-corrected chi connectivity index (χ1v) is 11.8. The minimum absolute atomic E-state index is 0.0666. The van der Waals surface area contributed by atoms with E-state index < -0.39 is 10.1 Å². The molecule has 1 aromatic heterocycles. The van der Waals surface area contributed by atoms with Crippen LogP contribution in [-0.2, 0) is 10.1 Å². The molecule has 8 heteroatoms. The van der Waals surface area contributed by atoms with Crippen molar-refractivity contribution in [2.45, 2.75) is 24.3 Å². The van der Waals surface area contributed by atoms with Crippen molar-refractivity contribution in [2.24, 2.45) is 5.92 Å². The summed E-state index contributed by atoms with van der Waals surface area (Å²) in [4.78, 5) is 2.31. The van der Waals surface area contributed by atoms with E-state index in [-0.39, 0.29) is 4.90 Å². The van der Waals surface area contributed by atoms with Crippen molar-refractivity contribution in [1.82, 2.24) is 15.5 Å². The summed E-state index contributed by atoms with van der Waals surface area (Å²) >= 11 is 0. The predicted octanol–water partition coefficient (Wildman–Crippen LogP) is 3.18. The molecule has 162 valence electrons.